The number of nitrogens with one attached hydrogen (secondary N) is 1. The summed E-state index contributed by atoms with van der Waals surface area (Å²) in [7, 11) is 0. The molecule has 0 aromatic carbocycles. The van der Waals surface area contributed by atoms with Crippen molar-refractivity contribution in [3.63, 3.8) is 0 Å². The van der Waals surface area contributed by atoms with Crippen LogP contribution in [0.3, 0.4) is 0 Å². The summed E-state index contributed by atoms with van der Waals surface area (Å²) in [5.74, 6) is 2.47. The summed E-state index contributed by atoms with van der Waals surface area (Å²) < 4.78 is 0. The second-order valence-corrected chi connectivity index (χ2v) is 6.02. The van der Waals surface area contributed by atoms with Gasteiger partial charge in [0, 0.05) is 23.8 Å². The van der Waals surface area contributed by atoms with Gasteiger partial charge in [0.25, 0.3) is 0 Å². The molecular weight excluding hydrogens is 208 g/mol. The Balaban J connectivity index is 1.71. The van der Waals surface area contributed by atoms with Gasteiger partial charge in [-0.25, -0.2) is 0 Å². The van der Waals surface area contributed by atoms with Gasteiger partial charge in [-0.15, -0.1) is 0 Å². The summed E-state index contributed by atoms with van der Waals surface area (Å²) in [6.07, 6.45) is 6.09. The number of carbonyl (C=O) groups is 1. The van der Waals surface area contributed by atoms with Crippen molar-refractivity contribution in [3.05, 3.63) is 0 Å². The van der Waals surface area contributed by atoms with E-state index >= 15 is 0 Å². The lowest BCUT2D eigenvalue weighted by molar-refractivity contribution is -0.123. The van der Waals surface area contributed by atoms with Gasteiger partial charge in [0.2, 0.25) is 5.91 Å². The third-order valence-corrected chi connectivity index (χ3v) is 4.60. The van der Waals surface area contributed by atoms with E-state index in [1.807, 2.05) is 11.8 Å². The molecule has 0 bridgehead atoms. The summed E-state index contributed by atoms with van der Waals surface area (Å²) in [5, 5.41) is 3.10. The van der Waals surface area contributed by atoms with Gasteiger partial charge in [0.05, 0.1) is 0 Å². The molecule has 1 saturated carbocycles. The lowest BCUT2D eigenvalue weighted by atomic mass is 9.75. The molecule has 0 aromatic rings. The van der Waals surface area contributed by atoms with Crippen LogP contribution in [0.25, 0.3) is 0 Å². The van der Waals surface area contributed by atoms with Gasteiger partial charge >= 0.3 is 0 Å². The minimum absolute atomic E-state index is 0.157. The van der Waals surface area contributed by atoms with E-state index in [9.17, 15) is 4.79 Å². The van der Waals surface area contributed by atoms with E-state index in [0.29, 0.717) is 12.5 Å². The molecule has 3 nitrogen and oxygen atoms in total. The van der Waals surface area contributed by atoms with Crippen molar-refractivity contribution in [3.8, 4) is 0 Å². The van der Waals surface area contributed by atoms with Crippen LogP contribution < -0.4 is 11.1 Å². The molecule has 3 N–H and O–H groups in total. The van der Waals surface area contributed by atoms with Crippen LogP contribution in [0.2, 0.25) is 0 Å². The van der Waals surface area contributed by atoms with Crippen LogP contribution in [-0.4, -0.2) is 29.0 Å². The summed E-state index contributed by atoms with van der Waals surface area (Å²) in [6.45, 7) is 0. The zero-order chi connectivity index (χ0) is 10.7. The van der Waals surface area contributed by atoms with Gasteiger partial charge in [-0.2, -0.15) is 11.8 Å². The zero-order valence-corrected chi connectivity index (χ0v) is 9.94. The minimum atomic E-state index is -0.175. The van der Waals surface area contributed by atoms with Gasteiger partial charge < -0.3 is 11.1 Å². The van der Waals surface area contributed by atoms with E-state index in [4.69, 9.17) is 5.73 Å². The van der Waals surface area contributed by atoms with E-state index in [0.717, 1.165) is 25.0 Å². The van der Waals surface area contributed by atoms with Crippen LogP contribution >= 0.6 is 11.8 Å². The normalized spacial score (nSPS) is 29.3. The van der Waals surface area contributed by atoms with E-state index in [1.165, 1.54) is 18.6 Å². The van der Waals surface area contributed by atoms with Gasteiger partial charge in [0.1, 0.15) is 0 Å². The minimum Gasteiger partial charge on any atom is -0.352 e. The van der Waals surface area contributed by atoms with Gasteiger partial charge in [-0.3, -0.25) is 4.79 Å². The first kappa shape index (κ1) is 11.3. The Morgan fingerprint density at radius 3 is 2.80 bits per heavy atom. The van der Waals surface area contributed by atoms with Gasteiger partial charge in [-0.1, -0.05) is 0 Å². The van der Waals surface area contributed by atoms with E-state index in [1.54, 1.807) is 0 Å². The zero-order valence-electron chi connectivity index (χ0n) is 9.13. The highest BCUT2D eigenvalue weighted by molar-refractivity contribution is 7.99. The Bertz CT molecular complexity index is 235. The maximum atomic E-state index is 11.7. The van der Waals surface area contributed by atoms with Crippen molar-refractivity contribution in [1.29, 1.82) is 0 Å². The van der Waals surface area contributed by atoms with Crippen LogP contribution in [0.5, 0.6) is 0 Å². The summed E-state index contributed by atoms with van der Waals surface area (Å²) in [6, 6.07) is 0.389. The number of hydrogen-bond acceptors (Lipinski definition) is 3. The van der Waals surface area contributed by atoms with E-state index < -0.39 is 0 Å². The molecule has 1 aliphatic heterocycles. The highest BCUT2D eigenvalue weighted by Crippen LogP contribution is 2.32. The summed E-state index contributed by atoms with van der Waals surface area (Å²) in [4.78, 5) is 11.7. The molecule has 1 amide bonds. The SMILES string of the molecule is NC1(CC(=O)NC2CCCSC2)CCC1. The van der Waals surface area contributed by atoms with Crippen LogP contribution in [-0.2, 0) is 4.79 Å². The molecule has 2 fully saturated rings. The summed E-state index contributed by atoms with van der Waals surface area (Å²) >= 11 is 1.94. The molecule has 1 saturated heterocycles. The molecule has 1 heterocycles. The fraction of sp³-hybridized carbons (Fsp3) is 0.909. The van der Waals surface area contributed by atoms with E-state index in [2.05, 4.69) is 5.32 Å². The number of carbonyl (C=O) groups excluding carboxylic acids is 1. The fourth-order valence-corrected chi connectivity index (χ4v) is 3.33. The molecule has 1 unspecified atom stereocenters. The highest BCUT2D eigenvalue weighted by atomic mass is 32.2. The first-order valence-corrected chi connectivity index (χ1v) is 6.99. The predicted octanol–water partition coefficient (Wildman–Crippen LogP) is 1.27. The number of rotatable bonds is 3. The summed E-state index contributed by atoms with van der Waals surface area (Å²) in [5.41, 5.74) is 5.87. The first-order chi connectivity index (χ1) is 7.18. The number of hydrogen-bond donors (Lipinski definition) is 2. The number of nitrogens with two attached hydrogens (primary N) is 1. The second kappa shape index (κ2) is 4.74. The Labute approximate surface area is 95.6 Å². The van der Waals surface area contributed by atoms with Crippen LogP contribution in [0.1, 0.15) is 38.5 Å². The van der Waals surface area contributed by atoms with Gasteiger partial charge in [-0.05, 0) is 37.9 Å². The standard InChI is InChI=1S/C11H20N2OS/c12-11(4-2-5-11)7-10(14)13-9-3-1-6-15-8-9/h9H,1-8,12H2,(H,13,14). The topological polar surface area (TPSA) is 55.1 Å². The average molecular weight is 228 g/mol. The Morgan fingerprint density at radius 1 is 1.47 bits per heavy atom. The van der Waals surface area contributed by atoms with Crippen LogP contribution in [0.15, 0.2) is 0 Å². The van der Waals surface area contributed by atoms with Crippen molar-refractivity contribution in [1.82, 2.24) is 5.32 Å². The largest absolute Gasteiger partial charge is 0.352 e. The molecule has 0 aromatic heterocycles. The average Bonchev–Trinajstić information content (AvgIpc) is 2.16. The van der Waals surface area contributed by atoms with Crippen LogP contribution in [0, 0.1) is 0 Å². The quantitative estimate of drug-likeness (QED) is 0.765. The monoisotopic (exact) mass is 228 g/mol. The molecule has 1 atom stereocenters. The molecule has 4 heteroatoms. The Hall–Kier alpha value is -0.220. The first-order valence-electron chi connectivity index (χ1n) is 5.84. The molecule has 2 rings (SSSR count). The molecular formula is C11H20N2OS. The molecule has 86 valence electrons. The van der Waals surface area contributed by atoms with E-state index in [-0.39, 0.29) is 11.4 Å². The molecule has 1 aliphatic carbocycles. The highest BCUT2D eigenvalue weighted by Gasteiger charge is 2.35. The third kappa shape index (κ3) is 3.11. The molecule has 0 spiro atoms. The molecule has 15 heavy (non-hydrogen) atoms. The van der Waals surface area contributed by atoms with Crippen molar-refractivity contribution < 1.29 is 4.79 Å². The second-order valence-electron chi connectivity index (χ2n) is 4.87. The number of amides is 1. The molecule has 2 aliphatic rings. The third-order valence-electron chi connectivity index (χ3n) is 3.39. The van der Waals surface area contributed by atoms with Crippen molar-refractivity contribution in [2.24, 2.45) is 5.73 Å². The number of thioether (sulfide) groups is 1. The lowest BCUT2D eigenvalue weighted by Gasteiger charge is -2.38. The van der Waals surface area contributed by atoms with Crippen molar-refractivity contribution in [2.75, 3.05) is 11.5 Å². The van der Waals surface area contributed by atoms with Crippen LogP contribution in [0.4, 0.5) is 0 Å². The molecule has 0 radical (unpaired) electrons. The maximum absolute atomic E-state index is 11.7. The smallest absolute Gasteiger partial charge is 0.222 e. The Kier molecular flexibility index (Phi) is 3.57. The Morgan fingerprint density at radius 2 is 2.27 bits per heavy atom. The van der Waals surface area contributed by atoms with Gasteiger partial charge in [0.15, 0.2) is 0 Å². The van der Waals surface area contributed by atoms with Crippen molar-refractivity contribution >= 4 is 17.7 Å². The predicted molar refractivity (Wildman–Crippen MR) is 63.9 cm³/mol. The fourth-order valence-electron chi connectivity index (χ4n) is 2.26. The van der Waals surface area contributed by atoms with Crippen molar-refractivity contribution in [2.45, 2.75) is 50.1 Å². The lowest BCUT2D eigenvalue weighted by Crippen LogP contribution is -2.51. The maximum Gasteiger partial charge on any atom is 0.222 e.